The number of unbranched alkanes of at least 4 members (excludes halogenated alkanes) is 20. The quantitative estimate of drug-likeness (QED) is 0.0147. The van der Waals surface area contributed by atoms with Gasteiger partial charge in [0.05, 0.1) is 6.61 Å². The molecule has 1 saturated carbocycles. The first-order valence-corrected chi connectivity index (χ1v) is 25.9. The summed E-state index contributed by atoms with van der Waals surface area (Å²) in [5.41, 5.74) is 0. The zero-order chi connectivity index (χ0) is 46.4. The van der Waals surface area contributed by atoms with Gasteiger partial charge in [0.1, 0.15) is 43.2 Å². The van der Waals surface area contributed by atoms with Crippen molar-refractivity contribution in [3.63, 3.8) is 0 Å². The SMILES string of the molecule is CCCCC/C=C\C/C=C\CCCCCCCCCCCC(=O)O[C@H](COC(=O)CCCCCCC/C=C\C/C=C\CCCCC)COP(=O)(O)OC1C(O)C(O)C(O)[C@@H](O)C1O. The van der Waals surface area contributed by atoms with E-state index in [4.69, 9.17) is 18.5 Å². The number of phosphoric ester groups is 1. The second-order valence-electron chi connectivity index (χ2n) is 17.0. The first-order valence-electron chi connectivity index (χ1n) is 24.4. The molecule has 1 fully saturated rings. The van der Waals surface area contributed by atoms with Gasteiger partial charge in [-0.3, -0.25) is 18.6 Å². The van der Waals surface area contributed by atoms with Crippen LogP contribution in [0.5, 0.6) is 0 Å². The van der Waals surface area contributed by atoms with Gasteiger partial charge in [0.2, 0.25) is 0 Å². The normalized spacial score (nSPS) is 22.1. The third kappa shape index (κ3) is 31.4. The minimum atomic E-state index is -5.13. The van der Waals surface area contributed by atoms with Gasteiger partial charge in [-0.2, -0.15) is 0 Å². The fourth-order valence-corrected chi connectivity index (χ4v) is 8.14. The van der Waals surface area contributed by atoms with Gasteiger partial charge in [0, 0.05) is 12.8 Å². The average Bonchev–Trinajstić information content (AvgIpc) is 3.26. The molecular weight excluding hydrogens is 828 g/mol. The van der Waals surface area contributed by atoms with E-state index in [1.807, 2.05) is 0 Å². The van der Waals surface area contributed by atoms with Gasteiger partial charge in [-0.05, 0) is 77.0 Å². The van der Waals surface area contributed by atoms with E-state index >= 15 is 0 Å². The molecule has 1 aliphatic rings. The molecule has 8 atom stereocenters. The molecule has 366 valence electrons. The molecule has 0 spiro atoms. The van der Waals surface area contributed by atoms with E-state index in [0.717, 1.165) is 83.5 Å². The van der Waals surface area contributed by atoms with Crippen molar-refractivity contribution in [2.45, 2.75) is 236 Å². The largest absolute Gasteiger partial charge is 0.472 e. The highest BCUT2D eigenvalue weighted by atomic mass is 31.2. The van der Waals surface area contributed by atoms with Gasteiger partial charge in [0.25, 0.3) is 0 Å². The van der Waals surface area contributed by atoms with Crippen molar-refractivity contribution in [1.82, 2.24) is 0 Å². The molecule has 0 aliphatic heterocycles. The third-order valence-electron chi connectivity index (χ3n) is 11.1. The summed E-state index contributed by atoms with van der Waals surface area (Å²) in [4.78, 5) is 35.8. The molecule has 0 bridgehead atoms. The van der Waals surface area contributed by atoms with Gasteiger partial charge in [0.15, 0.2) is 6.10 Å². The Morgan fingerprint density at radius 2 is 0.857 bits per heavy atom. The first-order chi connectivity index (χ1) is 30.4. The molecule has 0 heterocycles. The maximum Gasteiger partial charge on any atom is 0.472 e. The lowest BCUT2D eigenvalue weighted by Crippen LogP contribution is -2.64. The van der Waals surface area contributed by atoms with Gasteiger partial charge < -0.3 is 39.9 Å². The topological polar surface area (TPSA) is 210 Å². The van der Waals surface area contributed by atoms with Crippen LogP contribution in [-0.4, -0.2) is 98.3 Å². The summed E-state index contributed by atoms with van der Waals surface area (Å²) in [6, 6.07) is 0. The minimum absolute atomic E-state index is 0.0877. The van der Waals surface area contributed by atoms with E-state index in [1.54, 1.807) is 0 Å². The summed E-state index contributed by atoms with van der Waals surface area (Å²) < 4.78 is 33.6. The smallest absolute Gasteiger partial charge is 0.462 e. The number of phosphoric acid groups is 1. The Morgan fingerprint density at radius 1 is 0.492 bits per heavy atom. The minimum Gasteiger partial charge on any atom is -0.462 e. The van der Waals surface area contributed by atoms with Crippen LogP contribution < -0.4 is 0 Å². The Labute approximate surface area is 380 Å². The van der Waals surface area contributed by atoms with E-state index in [2.05, 4.69) is 62.5 Å². The molecule has 0 aromatic heterocycles. The van der Waals surface area contributed by atoms with E-state index < -0.39 is 75.7 Å². The number of allylic oxidation sites excluding steroid dienone is 8. The number of hydrogen-bond acceptors (Lipinski definition) is 12. The van der Waals surface area contributed by atoms with Crippen LogP contribution in [0.4, 0.5) is 0 Å². The van der Waals surface area contributed by atoms with E-state index in [1.165, 1.54) is 70.6 Å². The van der Waals surface area contributed by atoms with E-state index in [-0.39, 0.29) is 12.8 Å². The van der Waals surface area contributed by atoms with E-state index in [9.17, 15) is 44.6 Å². The van der Waals surface area contributed by atoms with Crippen molar-refractivity contribution in [2.24, 2.45) is 0 Å². The molecule has 0 amide bonds. The number of carbonyl (C=O) groups is 2. The van der Waals surface area contributed by atoms with Crippen LogP contribution in [0.15, 0.2) is 48.6 Å². The number of ether oxygens (including phenoxy) is 2. The van der Waals surface area contributed by atoms with Gasteiger partial charge in [-0.25, -0.2) is 4.57 Å². The maximum atomic E-state index is 12.8. The Kier molecular flexibility index (Phi) is 36.4. The van der Waals surface area contributed by atoms with Crippen molar-refractivity contribution in [3.8, 4) is 0 Å². The van der Waals surface area contributed by atoms with Crippen LogP contribution >= 0.6 is 7.82 Å². The molecule has 1 rings (SSSR count). The first kappa shape index (κ1) is 58.8. The number of hydrogen-bond donors (Lipinski definition) is 6. The monoisotopic (exact) mass is 915 g/mol. The van der Waals surface area contributed by atoms with Crippen molar-refractivity contribution in [3.05, 3.63) is 48.6 Å². The Bertz CT molecular complexity index is 1290. The molecule has 0 aromatic carbocycles. The van der Waals surface area contributed by atoms with Crippen LogP contribution in [0.2, 0.25) is 0 Å². The van der Waals surface area contributed by atoms with Crippen LogP contribution in [0.3, 0.4) is 0 Å². The van der Waals surface area contributed by atoms with Crippen LogP contribution in [0.25, 0.3) is 0 Å². The summed E-state index contributed by atoms with van der Waals surface area (Å²) in [7, 11) is -5.13. The predicted octanol–water partition coefficient (Wildman–Crippen LogP) is 9.95. The van der Waals surface area contributed by atoms with Crippen LogP contribution in [-0.2, 0) is 32.7 Å². The summed E-state index contributed by atoms with van der Waals surface area (Å²) in [5.74, 6) is -1.12. The molecule has 14 heteroatoms. The summed E-state index contributed by atoms with van der Waals surface area (Å²) in [6.07, 6.45) is 32.9. The van der Waals surface area contributed by atoms with Crippen molar-refractivity contribution in [1.29, 1.82) is 0 Å². The number of aliphatic hydroxyl groups is 5. The van der Waals surface area contributed by atoms with Gasteiger partial charge in [-0.1, -0.05) is 152 Å². The summed E-state index contributed by atoms with van der Waals surface area (Å²) >= 11 is 0. The number of rotatable bonds is 40. The zero-order valence-electron chi connectivity index (χ0n) is 38.9. The molecule has 6 unspecified atom stereocenters. The molecule has 0 saturated heterocycles. The highest BCUT2D eigenvalue weighted by Gasteiger charge is 2.51. The Morgan fingerprint density at radius 3 is 1.29 bits per heavy atom. The second-order valence-corrected chi connectivity index (χ2v) is 18.4. The lowest BCUT2D eigenvalue weighted by atomic mass is 9.85. The van der Waals surface area contributed by atoms with Gasteiger partial charge in [-0.15, -0.1) is 0 Å². The maximum absolute atomic E-state index is 12.8. The summed E-state index contributed by atoms with van der Waals surface area (Å²) in [5, 5.41) is 50.2. The predicted molar refractivity (Wildman–Crippen MR) is 249 cm³/mol. The fraction of sp³-hybridized carbons (Fsp3) is 0.796. The standard InChI is InChI=1S/C49H87O13P/c1-3-5-7-9-11-13-15-17-19-20-21-22-24-26-28-30-32-34-36-38-43(51)61-41(40-60-63(57,58)62-49-47(55)45(53)44(52)46(54)48(49)56)39-59-42(50)37-35-33-31-29-27-25-23-18-16-14-12-10-8-6-4-2/h11-14,17-19,23,41,44-49,52-56H,3-10,15-16,20-22,24-40H2,1-2H3,(H,57,58)/b13-11-,14-12-,19-17-,23-18-/t41-,44?,45-,46?,47?,48?,49?/m1/s1. The summed E-state index contributed by atoms with van der Waals surface area (Å²) in [6.45, 7) is 3.24. The second kappa shape index (κ2) is 39.0. The van der Waals surface area contributed by atoms with Crippen LogP contribution in [0, 0.1) is 0 Å². The van der Waals surface area contributed by atoms with Crippen molar-refractivity contribution in [2.75, 3.05) is 13.2 Å². The lowest BCUT2D eigenvalue weighted by Gasteiger charge is -2.41. The Balaban J connectivity index is 2.44. The molecule has 63 heavy (non-hydrogen) atoms. The van der Waals surface area contributed by atoms with Crippen molar-refractivity contribution >= 4 is 19.8 Å². The van der Waals surface area contributed by atoms with Crippen molar-refractivity contribution < 1.29 is 63.1 Å². The fourth-order valence-electron chi connectivity index (χ4n) is 7.17. The van der Waals surface area contributed by atoms with Gasteiger partial charge >= 0.3 is 19.8 Å². The van der Waals surface area contributed by atoms with E-state index in [0.29, 0.717) is 12.8 Å². The molecule has 6 N–H and O–H groups in total. The molecular formula is C49H87O13P. The number of aliphatic hydroxyl groups excluding tert-OH is 5. The zero-order valence-corrected chi connectivity index (χ0v) is 39.8. The lowest BCUT2D eigenvalue weighted by molar-refractivity contribution is -0.220. The molecule has 0 aromatic rings. The number of carbonyl (C=O) groups excluding carboxylic acids is 2. The van der Waals surface area contributed by atoms with Crippen LogP contribution in [0.1, 0.15) is 194 Å². The molecule has 1 aliphatic carbocycles. The third-order valence-corrected chi connectivity index (χ3v) is 12.1. The number of esters is 2. The molecule has 0 radical (unpaired) electrons. The molecule has 13 nitrogen and oxygen atoms in total. The Hall–Kier alpha value is -2.19. The average molecular weight is 915 g/mol. The highest BCUT2D eigenvalue weighted by molar-refractivity contribution is 7.47. The highest BCUT2D eigenvalue weighted by Crippen LogP contribution is 2.47.